The van der Waals surface area contributed by atoms with Crippen molar-refractivity contribution in [2.45, 2.75) is 39.2 Å². The lowest BCUT2D eigenvalue weighted by Gasteiger charge is -2.24. The van der Waals surface area contributed by atoms with Crippen LogP contribution in [0.1, 0.15) is 37.8 Å². The van der Waals surface area contributed by atoms with Gasteiger partial charge in [0.05, 0.1) is 12.2 Å². The van der Waals surface area contributed by atoms with Crippen molar-refractivity contribution in [1.82, 2.24) is 0 Å². The molecule has 0 aliphatic heterocycles. The Morgan fingerprint density at radius 2 is 2.00 bits per heavy atom. The molecule has 0 aliphatic carbocycles. The van der Waals surface area contributed by atoms with Gasteiger partial charge in [-0.25, -0.2) is 8.78 Å². The second kappa shape index (κ2) is 6.10. The van der Waals surface area contributed by atoms with E-state index in [-0.39, 0.29) is 30.6 Å². The molecule has 1 unspecified atom stereocenters. The number of halogens is 2. The lowest BCUT2D eigenvalue weighted by Crippen LogP contribution is -2.24. The number of aryl methyl sites for hydroxylation is 1. The van der Waals surface area contributed by atoms with E-state index >= 15 is 0 Å². The van der Waals surface area contributed by atoms with Crippen LogP contribution >= 0.6 is 0 Å². The molecule has 19 heavy (non-hydrogen) atoms. The zero-order chi connectivity index (χ0) is 14.6. The Bertz CT molecular complexity index is 470. The number of carbonyl (C=O) groups excluding carboxylic acids is 1. The molecular formula is C14H18F2O3. The monoisotopic (exact) mass is 272 g/mol. The Labute approximate surface area is 111 Å². The summed E-state index contributed by atoms with van der Waals surface area (Å²) in [5.74, 6) is -1.75. The standard InChI is InChI=1S/C14H18F2O3/c1-4-19-13(17)5-6-14(3,18)10-8-11(15)9(2)7-12(10)16/h7-8,18H,4-6H2,1-3H3. The first-order chi connectivity index (χ1) is 8.77. The molecule has 1 aromatic rings. The number of carbonyl (C=O) groups is 1. The lowest BCUT2D eigenvalue weighted by atomic mass is 9.90. The van der Waals surface area contributed by atoms with Gasteiger partial charge in [-0.2, -0.15) is 0 Å². The number of benzene rings is 1. The fourth-order valence-electron chi connectivity index (χ4n) is 1.77. The van der Waals surface area contributed by atoms with Crippen LogP contribution in [-0.2, 0) is 15.1 Å². The van der Waals surface area contributed by atoms with E-state index in [0.717, 1.165) is 12.1 Å². The number of hydrogen-bond acceptors (Lipinski definition) is 3. The maximum Gasteiger partial charge on any atom is 0.305 e. The SMILES string of the molecule is CCOC(=O)CCC(C)(O)c1cc(F)c(C)cc1F. The van der Waals surface area contributed by atoms with Gasteiger partial charge in [0, 0.05) is 12.0 Å². The highest BCUT2D eigenvalue weighted by Gasteiger charge is 2.28. The van der Waals surface area contributed by atoms with Crippen molar-refractivity contribution in [3.8, 4) is 0 Å². The molecule has 0 saturated carbocycles. The summed E-state index contributed by atoms with van der Waals surface area (Å²) in [7, 11) is 0. The van der Waals surface area contributed by atoms with E-state index in [0.29, 0.717) is 0 Å². The first kappa shape index (κ1) is 15.6. The number of esters is 1. The number of ether oxygens (including phenoxy) is 1. The maximum absolute atomic E-state index is 13.8. The number of hydrogen-bond donors (Lipinski definition) is 1. The zero-order valence-electron chi connectivity index (χ0n) is 11.3. The molecule has 1 atom stereocenters. The highest BCUT2D eigenvalue weighted by molar-refractivity contribution is 5.69. The van der Waals surface area contributed by atoms with Crippen molar-refractivity contribution in [1.29, 1.82) is 0 Å². The van der Waals surface area contributed by atoms with E-state index in [1.165, 1.54) is 13.8 Å². The third kappa shape index (κ3) is 3.99. The van der Waals surface area contributed by atoms with Crippen LogP contribution in [0.3, 0.4) is 0 Å². The Morgan fingerprint density at radius 3 is 2.58 bits per heavy atom. The van der Waals surface area contributed by atoms with Gasteiger partial charge in [-0.15, -0.1) is 0 Å². The summed E-state index contributed by atoms with van der Waals surface area (Å²) in [5, 5.41) is 10.2. The molecule has 5 heteroatoms. The third-order valence-electron chi connectivity index (χ3n) is 2.95. The molecule has 1 N–H and O–H groups in total. The summed E-state index contributed by atoms with van der Waals surface area (Å²) in [6.45, 7) is 4.70. The van der Waals surface area contributed by atoms with Crippen LogP contribution in [0.5, 0.6) is 0 Å². The van der Waals surface area contributed by atoms with Crippen molar-refractivity contribution in [3.05, 3.63) is 34.9 Å². The van der Waals surface area contributed by atoms with Gasteiger partial charge < -0.3 is 9.84 Å². The predicted molar refractivity (Wildman–Crippen MR) is 66.5 cm³/mol. The molecule has 1 aromatic carbocycles. The molecule has 0 heterocycles. The molecule has 0 aromatic heterocycles. The normalized spacial score (nSPS) is 14.0. The molecule has 1 rings (SSSR count). The average Bonchev–Trinajstić information content (AvgIpc) is 2.31. The molecule has 106 valence electrons. The molecule has 0 aliphatic rings. The first-order valence-electron chi connectivity index (χ1n) is 6.12. The Balaban J connectivity index is 2.88. The van der Waals surface area contributed by atoms with E-state index in [1.807, 2.05) is 0 Å². The van der Waals surface area contributed by atoms with Crippen LogP contribution in [-0.4, -0.2) is 17.7 Å². The van der Waals surface area contributed by atoms with Crippen molar-refractivity contribution >= 4 is 5.97 Å². The summed E-state index contributed by atoms with van der Waals surface area (Å²) in [4.78, 5) is 11.2. The molecule has 0 radical (unpaired) electrons. The van der Waals surface area contributed by atoms with Crippen LogP contribution in [0, 0.1) is 18.6 Å². The van der Waals surface area contributed by atoms with Crippen LogP contribution in [0.15, 0.2) is 12.1 Å². The minimum absolute atomic E-state index is 0.0365. The maximum atomic E-state index is 13.8. The second-order valence-corrected chi connectivity index (χ2v) is 4.66. The molecule has 0 saturated heterocycles. The minimum Gasteiger partial charge on any atom is -0.466 e. The first-order valence-corrected chi connectivity index (χ1v) is 6.12. The van der Waals surface area contributed by atoms with Crippen molar-refractivity contribution < 1.29 is 23.4 Å². The smallest absolute Gasteiger partial charge is 0.305 e. The highest BCUT2D eigenvalue weighted by atomic mass is 19.1. The average molecular weight is 272 g/mol. The quantitative estimate of drug-likeness (QED) is 0.838. The summed E-state index contributed by atoms with van der Waals surface area (Å²) >= 11 is 0. The second-order valence-electron chi connectivity index (χ2n) is 4.66. The van der Waals surface area contributed by atoms with Gasteiger partial charge in [-0.1, -0.05) is 0 Å². The van der Waals surface area contributed by atoms with Crippen LogP contribution in [0.2, 0.25) is 0 Å². The van der Waals surface area contributed by atoms with E-state index in [9.17, 15) is 18.7 Å². The van der Waals surface area contributed by atoms with Crippen LogP contribution in [0.4, 0.5) is 8.78 Å². The predicted octanol–water partition coefficient (Wildman–Crippen LogP) is 2.82. The van der Waals surface area contributed by atoms with Gasteiger partial charge >= 0.3 is 5.97 Å². The summed E-state index contributed by atoms with van der Waals surface area (Å²) in [6, 6.07) is 2.00. The Hall–Kier alpha value is -1.49. The summed E-state index contributed by atoms with van der Waals surface area (Å²) in [5.41, 5.74) is -1.60. The molecule has 0 amide bonds. The van der Waals surface area contributed by atoms with E-state index in [4.69, 9.17) is 4.74 Å². The van der Waals surface area contributed by atoms with Gasteiger partial charge in [-0.3, -0.25) is 4.79 Å². The summed E-state index contributed by atoms with van der Waals surface area (Å²) in [6.07, 6.45) is -0.0962. The zero-order valence-corrected chi connectivity index (χ0v) is 11.3. The van der Waals surface area contributed by atoms with E-state index in [1.54, 1.807) is 6.92 Å². The van der Waals surface area contributed by atoms with Gasteiger partial charge in [0.15, 0.2) is 0 Å². The number of aliphatic hydroxyl groups is 1. The van der Waals surface area contributed by atoms with Crippen LogP contribution < -0.4 is 0 Å². The number of rotatable bonds is 5. The van der Waals surface area contributed by atoms with Gasteiger partial charge in [0.1, 0.15) is 11.6 Å². The minimum atomic E-state index is -1.62. The molecule has 0 spiro atoms. The van der Waals surface area contributed by atoms with Gasteiger partial charge in [-0.05, 0) is 44.9 Å². The fraction of sp³-hybridized carbons (Fsp3) is 0.500. The molecule has 0 bridgehead atoms. The lowest BCUT2D eigenvalue weighted by molar-refractivity contribution is -0.144. The van der Waals surface area contributed by atoms with Gasteiger partial charge in [0.25, 0.3) is 0 Å². The largest absolute Gasteiger partial charge is 0.466 e. The molecular weight excluding hydrogens is 254 g/mol. The van der Waals surface area contributed by atoms with Crippen molar-refractivity contribution in [2.75, 3.05) is 6.61 Å². The highest BCUT2D eigenvalue weighted by Crippen LogP contribution is 2.30. The molecule has 3 nitrogen and oxygen atoms in total. The molecule has 0 fully saturated rings. The third-order valence-corrected chi connectivity index (χ3v) is 2.95. The Kier molecular flexibility index (Phi) is 5.00. The topological polar surface area (TPSA) is 46.5 Å². The summed E-state index contributed by atoms with van der Waals surface area (Å²) < 4.78 is 31.9. The fourth-order valence-corrected chi connectivity index (χ4v) is 1.77. The van der Waals surface area contributed by atoms with Gasteiger partial charge in [0.2, 0.25) is 0 Å². The van der Waals surface area contributed by atoms with Crippen LogP contribution in [0.25, 0.3) is 0 Å². The van der Waals surface area contributed by atoms with E-state index < -0.39 is 23.2 Å². The van der Waals surface area contributed by atoms with E-state index in [2.05, 4.69) is 0 Å². The van der Waals surface area contributed by atoms with Crippen molar-refractivity contribution in [2.24, 2.45) is 0 Å². The van der Waals surface area contributed by atoms with Crippen molar-refractivity contribution in [3.63, 3.8) is 0 Å². The Morgan fingerprint density at radius 1 is 1.37 bits per heavy atom.